The highest BCUT2D eigenvalue weighted by Crippen LogP contribution is 2.44. The topological polar surface area (TPSA) is 0 Å². The molecule has 0 amide bonds. The lowest BCUT2D eigenvalue weighted by atomic mass is 9.65. The summed E-state index contributed by atoms with van der Waals surface area (Å²) in [6, 6.07) is 0. The van der Waals surface area contributed by atoms with E-state index in [4.69, 9.17) is 11.6 Å². The molecule has 0 spiro atoms. The lowest BCUT2D eigenvalue weighted by Gasteiger charge is -2.41. The summed E-state index contributed by atoms with van der Waals surface area (Å²) in [6.45, 7) is 0. The van der Waals surface area contributed by atoms with Crippen molar-refractivity contribution in [3.8, 4) is 0 Å². The summed E-state index contributed by atoms with van der Waals surface area (Å²) in [5.74, 6) is 3.84. The van der Waals surface area contributed by atoms with Crippen LogP contribution in [0.1, 0.15) is 38.5 Å². The van der Waals surface area contributed by atoms with Gasteiger partial charge in [0.05, 0.1) is 0 Å². The molecule has 1 heteroatoms. The maximum absolute atomic E-state index is 5.98. The molecule has 2 aliphatic carbocycles. The van der Waals surface area contributed by atoms with Crippen LogP contribution in [0.25, 0.3) is 0 Å². The fourth-order valence-electron chi connectivity index (χ4n) is 2.37. The average Bonchev–Trinajstić information content (AvgIpc) is 1.78. The maximum Gasteiger partial charge on any atom is 0.0257 e. The van der Waals surface area contributed by atoms with E-state index >= 15 is 0 Å². The molecule has 2 aliphatic rings. The summed E-state index contributed by atoms with van der Waals surface area (Å²) in [4.78, 5) is 0. The van der Waals surface area contributed by atoms with Gasteiger partial charge in [0.25, 0.3) is 0 Å². The number of hydrogen-bond acceptors (Lipinski definition) is 0. The molecule has 2 saturated carbocycles. The number of alkyl halides is 1. The quantitative estimate of drug-likeness (QED) is 0.573. The molecule has 2 fully saturated rings. The van der Waals surface area contributed by atoms with E-state index < -0.39 is 0 Å². The summed E-state index contributed by atoms with van der Waals surface area (Å²) in [5.41, 5.74) is 0. The van der Waals surface area contributed by atoms with Crippen molar-refractivity contribution >= 4 is 11.6 Å². The van der Waals surface area contributed by atoms with Crippen molar-refractivity contribution < 1.29 is 0 Å². The van der Waals surface area contributed by atoms with Gasteiger partial charge in [-0.1, -0.05) is 38.5 Å². The number of hydrogen-bond donors (Lipinski definition) is 0. The fourth-order valence-corrected chi connectivity index (χ4v) is 2.88. The Balaban J connectivity index is 1.83. The van der Waals surface area contributed by atoms with Crippen molar-refractivity contribution in [1.29, 1.82) is 0 Å². The van der Waals surface area contributed by atoms with Crippen LogP contribution in [0.4, 0.5) is 0 Å². The fraction of sp³-hybridized carbons (Fsp3) is 1.00. The molecule has 0 heterocycles. The number of halogens is 1. The van der Waals surface area contributed by atoms with Gasteiger partial charge in [0.1, 0.15) is 0 Å². The van der Waals surface area contributed by atoms with E-state index in [1.54, 1.807) is 0 Å². The van der Waals surface area contributed by atoms with Crippen molar-refractivity contribution in [2.45, 2.75) is 38.5 Å². The molecule has 0 aromatic heterocycles. The molecule has 11 heavy (non-hydrogen) atoms. The summed E-state index contributed by atoms with van der Waals surface area (Å²) < 4.78 is 0. The lowest BCUT2D eigenvalue weighted by molar-refractivity contribution is 0.110. The highest BCUT2D eigenvalue weighted by Gasteiger charge is 2.35. The second-order valence-electron chi connectivity index (χ2n) is 4.20. The second-order valence-corrected chi connectivity index (χ2v) is 4.51. The highest BCUT2D eigenvalue weighted by molar-refractivity contribution is 6.18. The van der Waals surface area contributed by atoms with E-state index in [2.05, 4.69) is 0 Å². The molecule has 64 valence electrons. The van der Waals surface area contributed by atoms with Gasteiger partial charge in [0.2, 0.25) is 0 Å². The largest absolute Gasteiger partial charge is 0.126 e. The van der Waals surface area contributed by atoms with E-state index in [1.807, 2.05) is 0 Å². The van der Waals surface area contributed by atoms with Crippen molar-refractivity contribution in [2.75, 3.05) is 5.88 Å². The minimum absolute atomic E-state index is 0.888. The summed E-state index contributed by atoms with van der Waals surface area (Å²) >= 11 is 5.98. The van der Waals surface area contributed by atoms with Crippen LogP contribution in [0.3, 0.4) is 0 Å². The number of rotatable bonds is 3. The molecular formula is C10H17Cl. The van der Waals surface area contributed by atoms with Crippen LogP contribution < -0.4 is 0 Å². The van der Waals surface area contributed by atoms with E-state index in [0.29, 0.717) is 0 Å². The molecule has 0 N–H and O–H groups in total. The zero-order valence-corrected chi connectivity index (χ0v) is 7.82. The molecule has 0 bridgehead atoms. The Kier molecular flexibility index (Phi) is 2.41. The summed E-state index contributed by atoms with van der Waals surface area (Å²) in [6.07, 6.45) is 8.79. The Morgan fingerprint density at radius 3 is 1.64 bits per heavy atom. The summed E-state index contributed by atoms with van der Waals surface area (Å²) in [5, 5.41) is 0. The van der Waals surface area contributed by atoms with Crippen LogP contribution in [0.15, 0.2) is 0 Å². The molecule has 0 aliphatic heterocycles. The van der Waals surface area contributed by atoms with Gasteiger partial charge in [-0.2, -0.15) is 0 Å². The van der Waals surface area contributed by atoms with Gasteiger partial charge >= 0.3 is 0 Å². The van der Waals surface area contributed by atoms with Crippen LogP contribution in [0.2, 0.25) is 0 Å². The highest BCUT2D eigenvalue weighted by atomic mass is 35.5. The molecule has 0 nitrogen and oxygen atoms in total. The lowest BCUT2D eigenvalue weighted by Crippen LogP contribution is -2.33. The van der Waals surface area contributed by atoms with Crippen LogP contribution in [0, 0.1) is 17.8 Å². The Morgan fingerprint density at radius 2 is 1.45 bits per heavy atom. The first-order valence-electron chi connectivity index (χ1n) is 4.98. The van der Waals surface area contributed by atoms with Crippen molar-refractivity contribution in [1.82, 2.24) is 0 Å². The SMILES string of the molecule is ClCC(C1CCC1)C1CCC1. The Labute approximate surface area is 74.3 Å². The van der Waals surface area contributed by atoms with Crippen LogP contribution in [0.5, 0.6) is 0 Å². The van der Waals surface area contributed by atoms with Gasteiger partial charge in [-0.15, -0.1) is 11.6 Å². The maximum atomic E-state index is 5.98. The molecule has 0 saturated heterocycles. The molecule has 2 rings (SSSR count). The van der Waals surface area contributed by atoms with Gasteiger partial charge in [-0.3, -0.25) is 0 Å². The average molecular weight is 173 g/mol. The molecule has 0 aromatic carbocycles. The van der Waals surface area contributed by atoms with E-state index in [-0.39, 0.29) is 0 Å². The summed E-state index contributed by atoms with van der Waals surface area (Å²) in [7, 11) is 0. The monoisotopic (exact) mass is 172 g/mol. The normalized spacial score (nSPS) is 26.7. The first-order chi connectivity index (χ1) is 5.42. The Hall–Kier alpha value is 0.290. The molecule has 0 aromatic rings. The molecule has 0 unspecified atom stereocenters. The molecule has 0 atom stereocenters. The first-order valence-corrected chi connectivity index (χ1v) is 5.51. The minimum atomic E-state index is 0.888. The van der Waals surface area contributed by atoms with Gasteiger partial charge in [0, 0.05) is 5.88 Å². The van der Waals surface area contributed by atoms with Crippen molar-refractivity contribution in [2.24, 2.45) is 17.8 Å². The standard InChI is InChI=1S/C10H17Cl/c11-7-10(8-3-1-4-8)9-5-2-6-9/h8-10H,1-7H2. The van der Waals surface area contributed by atoms with Crippen molar-refractivity contribution in [3.05, 3.63) is 0 Å². The second kappa shape index (κ2) is 3.35. The third-order valence-corrected chi connectivity index (χ3v) is 4.05. The zero-order chi connectivity index (χ0) is 7.68. The van der Waals surface area contributed by atoms with E-state index in [0.717, 1.165) is 23.6 Å². The zero-order valence-electron chi connectivity index (χ0n) is 7.06. The Bertz CT molecular complexity index is 111. The van der Waals surface area contributed by atoms with Gasteiger partial charge in [0.15, 0.2) is 0 Å². The van der Waals surface area contributed by atoms with Crippen LogP contribution in [-0.2, 0) is 0 Å². The minimum Gasteiger partial charge on any atom is -0.126 e. The first kappa shape index (κ1) is 7.91. The predicted octanol–water partition coefficient (Wildman–Crippen LogP) is 3.44. The van der Waals surface area contributed by atoms with Gasteiger partial charge < -0.3 is 0 Å². The Morgan fingerprint density at radius 1 is 1.00 bits per heavy atom. The van der Waals surface area contributed by atoms with E-state index in [1.165, 1.54) is 38.5 Å². The van der Waals surface area contributed by atoms with Gasteiger partial charge in [-0.05, 0) is 17.8 Å². The third-order valence-electron chi connectivity index (χ3n) is 3.69. The molecule has 0 radical (unpaired) electrons. The van der Waals surface area contributed by atoms with Gasteiger partial charge in [-0.25, -0.2) is 0 Å². The predicted molar refractivity (Wildman–Crippen MR) is 48.9 cm³/mol. The smallest absolute Gasteiger partial charge is 0.0257 e. The van der Waals surface area contributed by atoms with E-state index in [9.17, 15) is 0 Å². The third kappa shape index (κ3) is 1.42. The molecular weight excluding hydrogens is 156 g/mol. The van der Waals surface area contributed by atoms with Crippen LogP contribution >= 0.6 is 11.6 Å². The van der Waals surface area contributed by atoms with Crippen LogP contribution in [-0.4, -0.2) is 5.88 Å². The van der Waals surface area contributed by atoms with Crippen molar-refractivity contribution in [3.63, 3.8) is 0 Å².